The summed E-state index contributed by atoms with van der Waals surface area (Å²) in [4.78, 5) is 4.24. The summed E-state index contributed by atoms with van der Waals surface area (Å²) in [6.07, 6.45) is 4.79. The molecule has 3 heteroatoms. The summed E-state index contributed by atoms with van der Waals surface area (Å²) in [5, 5.41) is 0. The van der Waals surface area contributed by atoms with Crippen LogP contribution in [0.15, 0.2) is 12.4 Å². The van der Waals surface area contributed by atoms with Crippen LogP contribution < -0.4 is 5.73 Å². The van der Waals surface area contributed by atoms with Crippen LogP contribution in [0.1, 0.15) is 25.1 Å². The lowest BCUT2D eigenvalue weighted by molar-refractivity contribution is 0.618. The molecule has 11 heavy (non-hydrogen) atoms. The second-order valence-corrected chi connectivity index (χ2v) is 2.87. The molecule has 0 fully saturated rings. The van der Waals surface area contributed by atoms with E-state index in [9.17, 15) is 0 Å². The van der Waals surface area contributed by atoms with Crippen molar-refractivity contribution in [3.8, 4) is 0 Å². The van der Waals surface area contributed by atoms with E-state index in [0.717, 1.165) is 18.8 Å². The van der Waals surface area contributed by atoms with E-state index in [1.807, 2.05) is 24.0 Å². The van der Waals surface area contributed by atoms with Crippen LogP contribution in [0, 0.1) is 0 Å². The number of nitrogens with two attached hydrogens (primary N) is 1. The van der Waals surface area contributed by atoms with Crippen LogP contribution in [0.3, 0.4) is 0 Å². The van der Waals surface area contributed by atoms with Crippen molar-refractivity contribution in [2.45, 2.75) is 19.3 Å². The van der Waals surface area contributed by atoms with Crippen LogP contribution in [0.25, 0.3) is 0 Å². The van der Waals surface area contributed by atoms with Crippen LogP contribution in [0.4, 0.5) is 0 Å². The van der Waals surface area contributed by atoms with Gasteiger partial charge in [0.05, 0.1) is 0 Å². The summed E-state index contributed by atoms with van der Waals surface area (Å²) in [5.41, 5.74) is 5.45. The van der Waals surface area contributed by atoms with Crippen LogP contribution in [-0.4, -0.2) is 16.1 Å². The topological polar surface area (TPSA) is 43.8 Å². The van der Waals surface area contributed by atoms with Gasteiger partial charge in [-0.3, -0.25) is 0 Å². The first kappa shape index (κ1) is 8.27. The quantitative estimate of drug-likeness (QED) is 0.700. The molecule has 62 valence electrons. The molecule has 1 unspecified atom stereocenters. The minimum atomic E-state index is 0.472. The highest BCUT2D eigenvalue weighted by Gasteiger charge is 2.07. The van der Waals surface area contributed by atoms with Gasteiger partial charge < -0.3 is 10.3 Å². The second kappa shape index (κ2) is 3.53. The zero-order valence-electron chi connectivity index (χ0n) is 7.12. The summed E-state index contributed by atoms with van der Waals surface area (Å²) >= 11 is 0. The zero-order valence-corrected chi connectivity index (χ0v) is 7.12. The van der Waals surface area contributed by atoms with Gasteiger partial charge in [0.2, 0.25) is 0 Å². The van der Waals surface area contributed by atoms with E-state index in [1.54, 1.807) is 0 Å². The molecule has 0 radical (unpaired) electrons. The molecule has 0 aliphatic carbocycles. The Kier molecular flexibility index (Phi) is 2.65. The molecular weight excluding hydrogens is 138 g/mol. The lowest BCUT2D eigenvalue weighted by Crippen LogP contribution is -2.08. The van der Waals surface area contributed by atoms with Crippen molar-refractivity contribution < 1.29 is 0 Å². The molecule has 0 saturated heterocycles. The lowest BCUT2D eigenvalue weighted by atomic mass is 10.1. The molecule has 2 N–H and O–H groups in total. The fourth-order valence-electron chi connectivity index (χ4n) is 1.23. The summed E-state index contributed by atoms with van der Waals surface area (Å²) in [6.45, 7) is 2.88. The third-order valence-corrected chi connectivity index (χ3v) is 1.90. The monoisotopic (exact) mass is 153 g/mol. The average Bonchev–Trinajstić information content (AvgIpc) is 2.36. The summed E-state index contributed by atoms with van der Waals surface area (Å²) in [6, 6.07) is 0. The van der Waals surface area contributed by atoms with Crippen LogP contribution in [0.2, 0.25) is 0 Å². The smallest absolute Gasteiger partial charge is 0.111 e. The first-order valence-electron chi connectivity index (χ1n) is 3.93. The molecule has 1 rings (SSSR count). The summed E-state index contributed by atoms with van der Waals surface area (Å²) in [7, 11) is 2.01. The maximum atomic E-state index is 5.45. The highest BCUT2D eigenvalue weighted by Crippen LogP contribution is 2.14. The Bertz CT molecular complexity index is 217. The van der Waals surface area contributed by atoms with E-state index < -0.39 is 0 Å². The normalized spacial score (nSPS) is 13.4. The Morgan fingerprint density at radius 2 is 2.45 bits per heavy atom. The molecule has 0 bridgehead atoms. The number of nitrogens with zero attached hydrogens (tertiary/aromatic N) is 2. The van der Waals surface area contributed by atoms with Gasteiger partial charge in [-0.25, -0.2) is 4.98 Å². The number of rotatable bonds is 3. The second-order valence-electron chi connectivity index (χ2n) is 2.87. The molecule has 1 aromatic heterocycles. The van der Waals surface area contributed by atoms with Gasteiger partial charge in [0.15, 0.2) is 0 Å². The van der Waals surface area contributed by atoms with Gasteiger partial charge in [0.1, 0.15) is 5.82 Å². The number of hydrogen-bond donors (Lipinski definition) is 1. The van der Waals surface area contributed by atoms with Crippen molar-refractivity contribution >= 4 is 0 Å². The molecule has 0 aliphatic heterocycles. The number of imidazole rings is 1. The molecule has 1 aromatic rings. The van der Waals surface area contributed by atoms with Gasteiger partial charge in [0, 0.05) is 25.4 Å². The third-order valence-electron chi connectivity index (χ3n) is 1.90. The van der Waals surface area contributed by atoms with Crippen LogP contribution in [0.5, 0.6) is 0 Å². The average molecular weight is 153 g/mol. The molecule has 1 atom stereocenters. The van der Waals surface area contributed by atoms with Gasteiger partial charge in [0.25, 0.3) is 0 Å². The van der Waals surface area contributed by atoms with Gasteiger partial charge >= 0.3 is 0 Å². The molecule has 3 nitrogen and oxygen atoms in total. The Morgan fingerprint density at radius 3 is 2.91 bits per heavy atom. The van der Waals surface area contributed by atoms with Crippen LogP contribution >= 0.6 is 0 Å². The zero-order chi connectivity index (χ0) is 8.27. The maximum absolute atomic E-state index is 5.45. The first-order chi connectivity index (χ1) is 5.25. The molecule has 0 aliphatic rings. The number of hydrogen-bond acceptors (Lipinski definition) is 2. The van der Waals surface area contributed by atoms with Crippen molar-refractivity contribution in [3.63, 3.8) is 0 Å². The Hall–Kier alpha value is -0.830. The predicted octanol–water partition coefficient (Wildman–Crippen LogP) is 0.872. The fourth-order valence-corrected chi connectivity index (χ4v) is 1.23. The van der Waals surface area contributed by atoms with E-state index in [4.69, 9.17) is 5.73 Å². The molecule has 0 saturated carbocycles. The Labute approximate surface area is 67.2 Å². The predicted molar refractivity (Wildman–Crippen MR) is 45.3 cm³/mol. The molecule has 0 amide bonds. The Balaban J connectivity index is 2.67. The number of aryl methyl sites for hydroxylation is 1. The van der Waals surface area contributed by atoms with Gasteiger partial charge in [-0.2, -0.15) is 0 Å². The molecule has 0 spiro atoms. The van der Waals surface area contributed by atoms with Crippen molar-refractivity contribution in [2.24, 2.45) is 12.8 Å². The third kappa shape index (κ3) is 1.80. The SMILES string of the molecule is CC(CCN)c1nccn1C. The standard InChI is InChI=1S/C8H15N3/c1-7(3-4-9)8-10-5-6-11(8)2/h5-7H,3-4,9H2,1-2H3. The van der Waals surface area contributed by atoms with E-state index in [2.05, 4.69) is 11.9 Å². The summed E-state index contributed by atoms with van der Waals surface area (Å²) < 4.78 is 2.04. The molecule has 1 heterocycles. The lowest BCUT2D eigenvalue weighted by Gasteiger charge is -2.08. The Morgan fingerprint density at radius 1 is 1.73 bits per heavy atom. The minimum Gasteiger partial charge on any atom is -0.338 e. The van der Waals surface area contributed by atoms with E-state index >= 15 is 0 Å². The molecular formula is C8H15N3. The number of aromatic nitrogens is 2. The van der Waals surface area contributed by atoms with Gasteiger partial charge in [-0.1, -0.05) is 6.92 Å². The van der Waals surface area contributed by atoms with Crippen LogP contribution in [-0.2, 0) is 7.05 Å². The van der Waals surface area contributed by atoms with Crippen molar-refractivity contribution in [3.05, 3.63) is 18.2 Å². The highest BCUT2D eigenvalue weighted by molar-refractivity contribution is 4.97. The van der Waals surface area contributed by atoms with Crippen molar-refractivity contribution in [2.75, 3.05) is 6.54 Å². The largest absolute Gasteiger partial charge is 0.338 e. The highest BCUT2D eigenvalue weighted by atomic mass is 15.0. The van der Waals surface area contributed by atoms with Gasteiger partial charge in [-0.15, -0.1) is 0 Å². The van der Waals surface area contributed by atoms with E-state index in [-0.39, 0.29) is 0 Å². The van der Waals surface area contributed by atoms with E-state index in [0.29, 0.717) is 5.92 Å². The van der Waals surface area contributed by atoms with Crippen molar-refractivity contribution in [1.82, 2.24) is 9.55 Å². The minimum absolute atomic E-state index is 0.472. The van der Waals surface area contributed by atoms with E-state index in [1.165, 1.54) is 0 Å². The van der Waals surface area contributed by atoms with Crippen molar-refractivity contribution in [1.29, 1.82) is 0 Å². The maximum Gasteiger partial charge on any atom is 0.111 e. The first-order valence-corrected chi connectivity index (χ1v) is 3.93. The van der Waals surface area contributed by atoms with Gasteiger partial charge in [-0.05, 0) is 13.0 Å². The summed E-state index contributed by atoms with van der Waals surface area (Å²) in [5.74, 6) is 1.59. The fraction of sp³-hybridized carbons (Fsp3) is 0.625. The molecule has 0 aromatic carbocycles.